The summed E-state index contributed by atoms with van der Waals surface area (Å²) in [5.74, 6) is 0.910. The number of carbonyl (C=O) groups excluding carboxylic acids is 1. The van der Waals surface area contributed by atoms with Crippen molar-refractivity contribution in [3.8, 4) is 0 Å². The highest BCUT2D eigenvalue weighted by atomic mass is 16.2. The number of rotatable bonds is 4. The van der Waals surface area contributed by atoms with Gasteiger partial charge in [0.15, 0.2) is 0 Å². The monoisotopic (exact) mass is 238 g/mol. The second kappa shape index (κ2) is 5.85. The second-order valence-electron chi connectivity index (χ2n) is 5.89. The molecule has 2 aliphatic rings. The summed E-state index contributed by atoms with van der Waals surface area (Å²) < 4.78 is 0. The maximum absolute atomic E-state index is 12.0. The average Bonchev–Trinajstić information content (AvgIpc) is 2.91. The van der Waals surface area contributed by atoms with Crippen molar-refractivity contribution in [3.63, 3.8) is 0 Å². The molecule has 0 aliphatic heterocycles. The molecule has 0 spiro atoms. The summed E-state index contributed by atoms with van der Waals surface area (Å²) in [7, 11) is 0. The molecule has 2 aliphatic carbocycles. The van der Waals surface area contributed by atoms with E-state index in [2.05, 4.69) is 17.6 Å². The molecule has 0 bridgehead atoms. The average molecular weight is 238 g/mol. The normalized spacial score (nSPS) is 31.6. The van der Waals surface area contributed by atoms with Crippen LogP contribution in [0.5, 0.6) is 0 Å². The Morgan fingerprint density at radius 1 is 1.12 bits per heavy atom. The van der Waals surface area contributed by atoms with E-state index in [1.165, 1.54) is 32.1 Å². The van der Waals surface area contributed by atoms with Gasteiger partial charge in [-0.2, -0.15) is 0 Å². The predicted octanol–water partition coefficient (Wildman–Crippen LogP) is 2.21. The number of carbonyl (C=O) groups is 1. The van der Waals surface area contributed by atoms with Gasteiger partial charge in [-0.25, -0.2) is 0 Å². The summed E-state index contributed by atoms with van der Waals surface area (Å²) in [6, 6.07) is 0.938. The fourth-order valence-corrected chi connectivity index (χ4v) is 3.19. The van der Waals surface area contributed by atoms with Crippen molar-refractivity contribution in [2.45, 2.75) is 76.9 Å². The molecule has 0 saturated heterocycles. The van der Waals surface area contributed by atoms with Crippen molar-refractivity contribution in [1.29, 1.82) is 0 Å². The fraction of sp³-hybridized carbons (Fsp3) is 0.929. The number of hydrogen-bond acceptors (Lipinski definition) is 2. The van der Waals surface area contributed by atoms with Crippen LogP contribution in [0.2, 0.25) is 0 Å². The Morgan fingerprint density at radius 3 is 2.41 bits per heavy atom. The van der Waals surface area contributed by atoms with Gasteiger partial charge in [0.25, 0.3) is 0 Å². The lowest BCUT2D eigenvalue weighted by Crippen LogP contribution is -2.49. The molecule has 0 radical (unpaired) electrons. The van der Waals surface area contributed by atoms with E-state index in [1.54, 1.807) is 0 Å². The second-order valence-corrected chi connectivity index (χ2v) is 5.89. The quantitative estimate of drug-likeness (QED) is 0.788. The largest absolute Gasteiger partial charge is 0.352 e. The maximum atomic E-state index is 12.0. The summed E-state index contributed by atoms with van der Waals surface area (Å²) >= 11 is 0. The first-order valence-electron chi connectivity index (χ1n) is 7.23. The highest BCUT2D eigenvalue weighted by Crippen LogP contribution is 2.25. The van der Waals surface area contributed by atoms with Crippen molar-refractivity contribution in [1.82, 2.24) is 10.6 Å². The van der Waals surface area contributed by atoms with Crippen LogP contribution >= 0.6 is 0 Å². The molecule has 17 heavy (non-hydrogen) atoms. The molecule has 0 aromatic carbocycles. The molecule has 2 saturated carbocycles. The van der Waals surface area contributed by atoms with Gasteiger partial charge < -0.3 is 10.6 Å². The SMILES string of the molecule is CC(NC1CCCC1C)C(=O)NC1CCCC1. The van der Waals surface area contributed by atoms with Gasteiger partial charge in [0.2, 0.25) is 5.91 Å². The standard InChI is InChI=1S/C14H26N2O/c1-10-6-5-9-13(10)15-11(2)14(17)16-12-7-3-4-8-12/h10-13,15H,3-9H2,1-2H3,(H,16,17). The zero-order chi connectivity index (χ0) is 12.3. The molecule has 3 unspecified atom stereocenters. The van der Waals surface area contributed by atoms with Crippen LogP contribution in [0.15, 0.2) is 0 Å². The van der Waals surface area contributed by atoms with Gasteiger partial charge >= 0.3 is 0 Å². The molecule has 0 aromatic heterocycles. The van der Waals surface area contributed by atoms with Crippen LogP contribution < -0.4 is 10.6 Å². The Labute approximate surface area is 105 Å². The minimum absolute atomic E-state index is 0.0406. The fourth-order valence-electron chi connectivity index (χ4n) is 3.19. The highest BCUT2D eigenvalue weighted by Gasteiger charge is 2.27. The van der Waals surface area contributed by atoms with E-state index in [9.17, 15) is 4.79 Å². The predicted molar refractivity (Wildman–Crippen MR) is 69.8 cm³/mol. The Kier molecular flexibility index (Phi) is 4.43. The Hall–Kier alpha value is -0.570. The van der Waals surface area contributed by atoms with Crippen LogP contribution in [-0.4, -0.2) is 24.0 Å². The van der Waals surface area contributed by atoms with Crippen LogP contribution in [0.25, 0.3) is 0 Å². The maximum Gasteiger partial charge on any atom is 0.237 e. The van der Waals surface area contributed by atoms with E-state index in [0.29, 0.717) is 12.1 Å². The lowest BCUT2D eigenvalue weighted by Gasteiger charge is -2.23. The molecule has 3 heteroatoms. The van der Waals surface area contributed by atoms with Crippen molar-refractivity contribution < 1.29 is 4.79 Å². The van der Waals surface area contributed by atoms with Gasteiger partial charge in [-0.05, 0) is 38.5 Å². The van der Waals surface area contributed by atoms with Gasteiger partial charge in [-0.3, -0.25) is 4.79 Å². The van der Waals surface area contributed by atoms with Crippen LogP contribution in [-0.2, 0) is 4.79 Å². The summed E-state index contributed by atoms with van der Waals surface area (Å²) in [5, 5.41) is 6.66. The molecule has 98 valence electrons. The van der Waals surface area contributed by atoms with E-state index in [0.717, 1.165) is 18.8 Å². The van der Waals surface area contributed by atoms with Gasteiger partial charge in [0, 0.05) is 12.1 Å². The van der Waals surface area contributed by atoms with E-state index in [1.807, 2.05) is 6.92 Å². The number of nitrogens with one attached hydrogen (secondary N) is 2. The molecule has 3 atom stereocenters. The zero-order valence-electron chi connectivity index (χ0n) is 11.2. The van der Waals surface area contributed by atoms with Crippen molar-refractivity contribution in [2.24, 2.45) is 5.92 Å². The first-order valence-corrected chi connectivity index (χ1v) is 7.23. The Morgan fingerprint density at radius 2 is 1.82 bits per heavy atom. The van der Waals surface area contributed by atoms with E-state index in [-0.39, 0.29) is 11.9 Å². The van der Waals surface area contributed by atoms with E-state index >= 15 is 0 Å². The molecular weight excluding hydrogens is 212 g/mol. The third-order valence-corrected chi connectivity index (χ3v) is 4.42. The Balaban J connectivity index is 1.74. The van der Waals surface area contributed by atoms with E-state index in [4.69, 9.17) is 0 Å². The summed E-state index contributed by atoms with van der Waals surface area (Å²) in [5.41, 5.74) is 0. The molecule has 2 fully saturated rings. The van der Waals surface area contributed by atoms with Crippen LogP contribution in [0.3, 0.4) is 0 Å². The van der Waals surface area contributed by atoms with Crippen molar-refractivity contribution in [2.75, 3.05) is 0 Å². The van der Waals surface area contributed by atoms with E-state index < -0.39 is 0 Å². The molecule has 1 amide bonds. The summed E-state index contributed by atoms with van der Waals surface area (Å²) in [6.45, 7) is 4.28. The lowest BCUT2D eigenvalue weighted by molar-refractivity contribution is -0.123. The summed E-state index contributed by atoms with van der Waals surface area (Å²) in [6.07, 6.45) is 8.70. The first-order chi connectivity index (χ1) is 8.16. The summed E-state index contributed by atoms with van der Waals surface area (Å²) in [4.78, 5) is 12.0. The van der Waals surface area contributed by atoms with Crippen molar-refractivity contribution in [3.05, 3.63) is 0 Å². The van der Waals surface area contributed by atoms with Crippen LogP contribution in [0.4, 0.5) is 0 Å². The third kappa shape index (κ3) is 3.44. The molecule has 0 aromatic rings. The third-order valence-electron chi connectivity index (χ3n) is 4.42. The molecule has 3 nitrogen and oxygen atoms in total. The first kappa shape index (κ1) is 12.9. The number of hydrogen-bond donors (Lipinski definition) is 2. The van der Waals surface area contributed by atoms with Gasteiger partial charge in [0.05, 0.1) is 6.04 Å². The molecule has 2 N–H and O–H groups in total. The van der Waals surface area contributed by atoms with Crippen LogP contribution in [0, 0.1) is 5.92 Å². The zero-order valence-corrected chi connectivity index (χ0v) is 11.2. The highest BCUT2D eigenvalue weighted by molar-refractivity contribution is 5.81. The number of amides is 1. The molecule has 0 heterocycles. The van der Waals surface area contributed by atoms with Gasteiger partial charge in [-0.15, -0.1) is 0 Å². The minimum atomic E-state index is -0.0406. The topological polar surface area (TPSA) is 41.1 Å². The molecule has 2 rings (SSSR count). The minimum Gasteiger partial charge on any atom is -0.352 e. The van der Waals surface area contributed by atoms with Gasteiger partial charge in [-0.1, -0.05) is 26.2 Å². The van der Waals surface area contributed by atoms with Gasteiger partial charge in [0.1, 0.15) is 0 Å². The van der Waals surface area contributed by atoms with Crippen molar-refractivity contribution >= 4 is 5.91 Å². The van der Waals surface area contributed by atoms with Crippen LogP contribution in [0.1, 0.15) is 58.8 Å². The molecular formula is C14H26N2O. The smallest absolute Gasteiger partial charge is 0.237 e. The Bertz CT molecular complexity index is 261. The lowest BCUT2D eigenvalue weighted by atomic mass is 10.1.